The SMILES string of the molecule is CC#CC(O)(c1ccc(N2CCN(Sc3ccc(N)nc3)CC2)nc1)C(F)(F)F. The van der Waals surface area contributed by atoms with Crippen molar-refractivity contribution in [1.82, 2.24) is 14.3 Å². The maximum atomic E-state index is 13.3. The van der Waals surface area contributed by atoms with Gasteiger partial charge in [-0.2, -0.15) is 13.2 Å². The lowest BCUT2D eigenvalue weighted by molar-refractivity contribution is -0.240. The number of nitrogen functional groups attached to an aromatic ring is 1. The molecule has 154 valence electrons. The van der Waals surface area contributed by atoms with E-state index in [1.54, 1.807) is 24.2 Å². The van der Waals surface area contributed by atoms with E-state index in [1.165, 1.54) is 19.1 Å². The molecule has 3 N–H and O–H groups in total. The van der Waals surface area contributed by atoms with Crippen LogP contribution in [0.15, 0.2) is 41.6 Å². The van der Waals surface area contributed by atoms with Crippen LogP contribution in [-0.4, -0.2) is 51.7 Å². The van der Waals surface area contributed by atoms with Crippen LogP contribution in [0.1, 0.15) is 12.5 Å². The van der Waals surface area contributed by atoms with Crippen molar-refractivity contribution in [2.24, 2.45) is 0 Å². The molecule has 3 heterocycles. The third-order valence-corrected chi connectivity index (χ3v) is 5.51. The average Bonchev–Trinajstić information content (AvgIpc) is 2.70. The predicted octanol–water partition coefficient (Wildman–Crippen LogP) is 2.66. The van der Waals surface area contributed by atoms with Crippen LogP contribution in [0.5, 0.6) is 0 Å². The summed E-state index contributed by atoms with van der Waals surface area (Å²) in [6, 6.07) is 6.35. The van der Waals surface area contributed by atoms with Gasteiger partial charge in [0, 0.05) is 49.0 Å². The summed E-state index contributed by atoms with van der Waals surface area (Å²) in [7, 11) is 0. The molecule has 1 aliphatic heterocycles. The van der Waals surface area contributed by atoms with Crippen molar-refractivity contribution in [1.29, 1.82) is 0 Å². The molecular weight excluding hydrogens is 403 g/mol. The van der Waals surface area contributed by atoms with Crippen LogP contribution in [0, 0.1) is 11.8 Å². The van der Waals surface area contributed by atoms with Crippen molar-refractivity contribution >= 4 is 23.6 Å². The lowest BCUT2D eigenvalue weighted by atomic mass is 9.95. The van der Waals surface area contributed by atoms with Crippen LogP contribution >= 0.6 is 11.9 Å². The maximum absolute atomic E-state index is 13.3. The minimum Gasteiger partial charge on any atom is -0.384 e. The van der Waals surface area contributed by atoms with Gasteiger partial charge in [-0.1, -0.05) is 5.92 Å². The number of aromatic nitrogens is 2. The van der Waals surface area contributed by atoms with Crippen molar-refractivity contribution in [3.05, 3.63) is 42.2 Å². The van der Waals surface area contributed by atoms with Gasteiger partial charge in [-0.05, 0) is 43.1 Å². The largest absolute Gasteiger partial charge is 0.433 e. The molecule has 10 heteroatoms. The summed E-state index contributed by atoms with van der Waals surface area (Å²) in [4.78, 5) is 11.2. The quantitative estimate of drug-likeness (QED) is 0.578. The Morgan fingerprint density at radius 1 is 1.07 bits per heavy atom. The molecule has 1 unspecified atom stereocenters. The van der Waals surface area contributed by atoms with Gasteiger partial charge < -0.3 is 15.7 Å². The molecular formula is C19H20F3N5OS. The first-order valence-electron chi connectivity index (χ1n) is 8.82. The topological polar surface area (TPSA) is 78.5 Å². The van der Waals surface area contributed by atoms with Crippen molar-refractivity contribution in [2.45, 2.75) is 23.6 Å². The molecule has 0 saturated carbocycles. The molecule has 2 aromatic rings. The fourth-order valence-electron chi connectivity index (χ4n) is 2.88. The highest BCUT2D eigenvalue weighted by molar-refractivity contribution is 7.97. The number of anilines is 2. The first-order valence-corrected chi connectivity index (χ1v) is 9.59. The summed E-state index contributed by atoms with van der Waals surface area (Å²) in [5, 5.41) is 10.0. The van der Waals surface area contributed by atoms with E-state index in [0.29, 0.717) is 24.7 Å². The number of aliphatic hydroxyl groups is 1. The van der Waals surface area contributed by atoms with E-state index < -0.39 is 17.3 Å². The number of alkyl halides is 3. The number of piperazine rings is 1. The number of hydrogen-bond acceptors (Lipinski definition) is 7. The van der Waals surface area contributed by atoms with Crippen LogP contribution in [-0.2, 0) is 5.60 Å². The summed E-state index contributed by atoms with van der Waals surface area (Å²) in [6.07, 6.45) is -2.17. The minimum atomic E-state index is -4.92. The van der Waals surface area contributed by atoms with Gasteiger partial charge in [-0.15, -0.1) is 5.92 Å². The molecule has 3 rings (SSSR count). The van der Waals surface area contributed by atoms with E-state index in [-0.39, 0.29) is 0 Å². The van der Waals surface area contributed by atoms with Crippen LogP contribution in [0.25, 0.3) is 0 Å². The smallest absolute Gasteiger partial charge is 0.384 e. The van der Waals surface area contributed by atoms with E-state index in [4.69, 9.17) is 5.73 Å². The van der Waals surface area contributed by atoms with Gasteiger partial charge in [0.25, 0.3) is 0 Å². The first kappa shape index (κ1) is 21.2. The van der Waals surface area contributed by atoms with Crippen LogP contribution in [0.3, 0.4) is 0 Å². The maximum Gasteiger partial charge on any atom is 0.433 e. The van der Waals surface area contributed by atoms with Crippen molar-refractivity contribution in [3.63, 3.8) is 0 Å². The Hall–Kier alpha value is -2.48. The molecule has 0 aliphatic carbocycles. The van der Waals surface area contributed by atoms with E-state index >= 15 is 0 Å². The van der Waals surface area contributed by atoms with Gasteiger partial charge in [0.05, 0.1) is 0 Å². The van der Waals surface area contributed by atoms with Crippen LogP contribution in [0.2, 0.25) is 0 Å². The van der Waals surface area contributed by atoms with Crippen molar-refractivity contribution < 1.29 is 18.3 Å². The normalized spacial score (nSPS) is 17.3. The van der Waals surface area contributed by atoms with Gasteiger partial charge in [-0.3, -0.25) is 0 Å². The first-order chi connectivity index (χ1) is 13.7. The minimum absolute atomic E-state index is 0.395. The molecule has 0 radical (unpaired) electrons. The molecule has 0 aromatic carbocycles. The summed E-state index contributed by atoms with van der Waals surface area (Å²) in [5.41, 5.74) is 1.97. The number of hydrogen-bond donors (Lipinski definition) is 2. The van der Waals surface area contributed by atoms with E-state index in [1.807, 2.05) is 16.9 Å². The highest BCUT2D eigenvalue weighted by atomic mass is 32.2. The van der Waals surface area contributed by atoms with Gasteiger partial charge in [0.2, 0.25) is 5.60 Å². The molecule has 1 saturated heterocycles. The third-order valence-electron chi connectivity index (χ3n) is 4.44. The number of pyridine rings is 2. The van der Waals surface area contributed by atoms with E-state index in [2.05, 4.69) is 20.2 Å². The zero-order valence-corrected chi connectivity index (χ0v) is 16.5. The lowest BCUT2D eigenvalue weighted by Gasteiger charge is -2.34. The van der Waals surface area contributed by atoms with Crippen LogP contribution < -0.4 is 10.6 Å². The Morgan fingerprint density at radius 3 is 2.31 bits per heavy atom. The second-order valence-corrected chi connectivity index (χ2v) is 7.58. The third kappa shape index (κ3) is 4.75. The Balaban J connectivity index is 1.64. The Labute approximate surface area is 171 Å². The van der Waals surface area contributed by atoms with E-state index in [0.717, 1.165) is 24.2 Å². The zero-order valence-electron chi connectivity index (χ0n) is 15.6. The second kappa shape index (κ2) is 8.49. The Kier molecular flexibility index (Phi) is 6.21. The number of nitrogens with zero attached hydrogens (tertiary/aromatic N) is 4. The van der Waals surface area contributed by atoms with Gasteiger partial charge in [0.1, 0.15) is 11.6 Å². The summed E-state index contributed by atoms with van der Waals surface area (Å²) in [5.74, 6) is 5.02. The summed E-state index contributed by atoms with van der Waals surface area (Å²) in [6.45, 7) is 4.06. The van der Waals surface area contributed by atoms with E-state index in [9.17, 15) is 18.3 Å². The molecule has 0 bridgehead atoms. The molecule has 1 fully saturated rings. The fraction of sp³-hybridized carbons (Fsp3) is 0.368. The predicted molar refractivity (Wildman–Crippen MR) is 106 cm³/mol. The molecule has 0 amide bonds. The molecule has 1 aliphatic rings. The van der Waals surface area contributed by atoms with Gasteiger partial charge >= 0.3 is 6.18 Å². The number of halogens is 3. The Bertz CT molecular complexity index is 887. The van der Waals surface area contributed by atoms with Crippen molar-refractivity contribution in [2.75, 3.05) is 36.8 Å². The lowest BCUT2D eigenvalue weighted by Crippen LogP contribution is -2.44. The summed E-state index contributed by atoms with van der Waals surface area (Å²) < 4.78 is 42.0. The highest BCUT2D eigenvalue weighted by Gasteiger charge is 2.54. The molecule has 2 aromatic heterocycles. The zero-order chi connectivity index (χ0) is 21.1. The average molecular weight is 423 g/mol. The number of nitrogens with two attached hydrogens (primary N) is 1. The number of rotatable bonds is 4. The summed E-state index contributed by atoms with van der Waals surface area (Å²) >= 11 is 1.58. The monoisotopic (exact) mass is 423 g/mol. The molecule has 6 nitrogen and oxygen atoms in total. The van der Waals surface area contributed by atoms with Gasteiger partial charge in [-0.25, -0.2) is 14.3 Å². The highest BCUT2D eigenvalue weighted by Crippen LogP contribution is 2.38. The Morgan fingerprint density at radius 2 is 1.79 bits per heavy atom. The molecule has 29 heavy (non-hydrogen) atoms. The van der Waals surface area contributed by atoms with Crippen molar-refractivity contribution in [3.8, 4) is 11.8 Å². The standard InChI is InChI=1S/C19H20F3N5OS/c1-2-7-18(28,19(20,21)22)14-3-6-17(25-12-14)26-8-10-27(11-9-26)29-15-4-5-16(23)24-13-15/h3-6,12-13,28H,8-11H2,1H3,(H2,23,24). The van der Waals surface area contributed by atoms with Crippen LogP contribution in [0.4, 0.5) is 24.8 Å². The molecule has 0 spiro atoms. The fourth-order valence-corrected chi connectivity index (χ4v) is 3.75. The van der Waals surface area contributed by atoms with Gasteiger partial charge in [0.15, 0.2) is 0 Å². The molecule has 1 atom stereocenters. The second-order valence-electron chi connectivity index (χ2n) is 6.41.